The topological polar surface area (TPSA) is 18.5 Å². The minimum atomic E-state index is -0.403. The highest BCUT2D eigenvalue weighted by molar-refractivity contribution is 4.96. The van der Waals surface area contributed by atoms with Gasteiger partial charge in [-0.05, 0) is 0 Å². The van der Waals surface area contributed by atoms with Gasteiger partial charge in [-0.3, -0.25) is 0 Å². The molecule has 0 saturated carbocycles. The van der Waals surface area contributed by atoms with E-state index in [4.69, 9.17) is 9.47 Å². The van der Waals surface area contributed by atoms with Crippen LogP contribution in [0.2, 0.25) is 0 Å². The average Bonchev–Trinajstić information content (AvgIpc) is 1.47. The van der Waals surface area contributed by atoms with Crippen molar-refractivity contribution < 1.29 is 9.47 Å². The van der Waals surface area contributed by atoms with Crippen LogP contribution >= 0.6 is 0 Å². The summed E-state index contributed by atoms with van der Waals surface area (Å²) in [5.41, 5.74) is 0.0625. The maximum Gasteiger partial charge on any atom is 0.183 e. The molecule has 0 aromatic heterocycles. The average molecular weight is 172 g/mol. The summed E-state index contributed by atoms with van der Waals surface area (Å²) in [6.45, 7) is 13.3. The zero-order valence-corrected chi connectivity index (χ0v) is 9.02. The van der Waals surface area contributed by atoms with Crippen molar-refractivity contribution in [2.24, 2.45) is 10.8 Å². The summed E-state index contributed by atoms with van der Waals surface area (Å²) in [6, 6.07) is 0. The van der Waals surface area contributed by atoms with Crippen molar-refractivity contribution in [1.82, 2.24) is 0 Å². The molecule has 72 valence electrons. The van der Waals surface area contributed by atoms with E-state index in [1.54, 1.807) is 0 Å². The highest BCUT2D eigenvalue weighted by atomic mass is 16.9. The van der Waals surface area contributed by atoms with Crippen molar-refractivity contribution in [2.45, 2.75) is 47.3 Å². The lowest BCUT2D eigenvalue weighted by Crippen LogP contribution is -2.63. The molecule has 0 spiro atoms. The molecular formula is C10H20O2. The summed E-state index contributed by atoms with van der Waals surface area (Å²) in [4.78, 5) is 0. The van der Waals surface area contributed by atoms with Gasteiger partial charge in [0.2, 0.25) is 0 Å². The first-order valence-corrected chi connectivity index (χ1v) is 4.49. The first-order valence-electron chi connectivity index (χ1n) is 4.49. The lowest BCUT2D eigenvalue weighted by molar-refractivity contribution is -0.468. The second kappa shape index (κ2) is 2.46. The Labute approximate surface area is 75.2 Å². The fourth-order valence-corrected chi connectivity index (χ4v) is 2.17. The van der Waals surface area contributed by atoms with Crippen molar-refractivity contribution in [2.75, 3.05) is 6.79 Å². The van der Waals surface area contributed by atoms with Gasteiger partial charge in [-0.15, -0.1) is 0 Å². The molecule has 0 bridgehead atoms. The monoisotopic (exact) mass is 172 g/mol. The van der Waals surface area contributed by atoms with E-state index >= 15 is 0 Å². The molecule has 1 saturated heterocycles. The Morgan fingerprint density at radius 1 is 0.833 bits per heavy atom. The molecule has 2 heteroatoms. The first-order chi connectivity index (χ1) is 5.21. The lowest BCUT2D eigenvalue weighted by atomic mass is 9.69. The molecule has 0 radical (unpaired) electrons. The van der Waals surface area contributed by atoms with Gasteiger partial charge in [0.25, 0.3) is 0 Å². The first kappa shape index (κ1) is 10.0. The molecule has 1 aliphatic heterocycles. The van der Waals surface area contributed by atoms with Crippen molar-refractivity contribution in [3.05, 3.63) is 0 Å². The van der Waals surface area contributed by atoms with Gasteiger partial charge in [0.15, 0.2) is 12.6 Å². The van der Waals surface area contributed by atoms with Gasteiger partial charge in [-0.2, -0.15) is 0 Å². The normalized spacial score (nSPS) is 23.5. The van der Waals surface area contributed by atoms with Crippen molar-refractivity contribution >= 4 is 0 Å². The predicted octanol–water partition coefficient (Wildman–Crippen LogP) is 2.78. The van der Waals surface area contributed by atoms with Crippen LogP contribution in [0.25, 0.3) is 0 Å². The Hall–Kier alpha value is -0.0800. The highest BCUT2D eigenvalue weighted by Gasteiger charge is 2.58. The molecule has 1 heterocycles. The second-order valence-electron chi connectivity index (χ2n) is 5.52. The predicted molar refractivity (Wildman–Crippen MR) is 48.7 cm³/mol. The van der Waals surface area contributed by atoms with E-state index in [9.17, 15) is 0 Å². The van der Waals surface area contributed by atoms with E-state index in [1.165, 1.54) is 0 Å². The Balaban J connectivity index is 2.92. The van der Waals surface area contributed by atoms with Crippen molar-refractivity contribution in [3.8, 4) is 0 Å². The van der Waals surface area contributed by atoms with Crippen LogP contribution in [0.4, 0.5) is 0 Å². The molecule has 1 rings (SSSR count). The summed E-state index contributed by atoms with van der Waals surface area (Å²) in [5, 5.41) is 0. The number of rotatable bonds is 0. The van der Waals surface area contributed by atoms with Crippen molar-refractivity contribution in [3.63, 3.8) is 0 Å². The van der Waals surface area contributed by atoms with E-state index in [2.05, 4.69) is 41.5 Å². The Morgan fingerprint density at radius 2 is 1.17 bits per heavy atom. The van der Waals surface area contributed by atoms with E-state index in [0.717, 1.165) is 0 Å². The number of hydrogen-bond acceptors (Lipinski definition) is 2. The maximum atomic E-state index is 5.62. The molecule has 0 aliphatic carbocycles. The minimum absolute atomic E-state index is 0.0312. The summed E-state index contributed by atoms with van der Waals surface area (Å²) >= 11 is 0. The number of ether oxygens (including phenoxy) is 2. The zero-order chi connectivity index (χ0) is 9.62. The smallest absolute Gasteiger partial charge is 0.183 e. The van der Waals surface area contributed by atoms with Crippen LogP contribution in [-0.4, -0.2) is 12.6 Å². The number of hydrogen-bond donors (Lipinski definition) is 0. The van der Waals surface area contributed by atoms with Gasteiger partial charge in [-0.1, -0.05) is 41.5 Å². The molecule has 2 nitrogen and oxygen atoms in total. The molecular weight excluding hydrogens is 152 g/mol. The Kier molecular flexibility index (Phi) is 2.05. The quantitative estimate of drug-likeness (QED) is 0.559. The van der Waals surface area contributed by atoms with Gasteiger partial charge >= 0.3 is 0 Å². The Morgan fingerprint density at radius 3 is 1.17 bits per heavy atom. The largest absolute Gasteiger partial charge is 0.323 e. The summed E-state index contributed by atoms with van der Waals surface area (Å²) in [6.07, 6.45) is 0. The van der Waals surface area contributed by atoms with E-state index in [0.29, 0.717) is 6.79 Å². The van der Waals surface area contributed by atoms with Crippen LogP contribution in [-0.2, 0) is 9.47 Å². The molecule has 1 fully saturated rings. The van der Waals surface area contributed by atoms with Gasteiger partial charge < -0.3 is 9.47 Å². The third-order valence-corrected chi connectivity index (χ3v) is 2.50. The molecule has 12 heavy (non-hydrogen) atoms. The van der Waals surface area contributed by atoms with Crippen LogP contribution < -0.4 is 0 Å². The maximum absolute atomic E-state index is 5.62. The molecule has 0 atom stereocenters. The van der Waals surface area contributed by atoms with Crippen LogP contribution in [0.15, 0.2) is 0 Å². The standard InChI is InChI=1S/C10H20O2/c1-8(2,3)10(9(4,5)6)11-7-12-10/h7H2,1-6H3. The van der Waals surface area contributed by atoms with Gasteiger partial charge in [0, 0.05) is 10.8 Å². The zero-order valence-electron chi connectivity index (χ0n) is 9.02. The summed E-state index contributed by atoms with van der Waals surface area (Å²) in [5.74, 6) is -0.403. The molecule has 0 amide bonds. The third kappa shape index (κ3) is 1.17. The highest BCUT2D eigenvalue weighted by Crippen LogP contribution is 2.51. The van der Waals surface area contributed by atoms with Crippen LogP contribution in [0.1, 0.15) is 41.5 Å². The van der Waals surface area contributed by atoms with Gasteiger partial charge in [0.05, 0.1) is 0 Å². The second-order valence-corrected chi connectivity index (χ2v) is 5.52. The molecule has 0 N–H and O–H groups in total. The third-order valence-electron chi connectivity index (χ3n) is 2.50. The summed E-state index contributed by atoms with van der Waals surface area (Å²) < 4.78 is 11.2. The van der Waals surface area contributed by atoms with E-state index in [1.807, 2.05) is 0 Å². The van der Waals surface area contributed by atoms with Crippen molar-refractivity contribution in [1.29, 1.82) is 0 Å². The van der Waals surface area contributed by atoms with Gasteiger partial charge in [0.1, 0.15) is 0 Å². The molecule has 0 aromatic rings. The molecule has 0 aromatic carbocycles. The molecule has 1 aliphatic rings. The Bertz CT molecular complexity index is 151. The minimum Gasteiger partial charge on any atom is -0.323 e. The molecule has 0 unspecified atom stereocenters. The van der Waals surface area contributed by atoms with Crippen LogP contribution in [0.3, 0.4) is 0 Å². The van der Waals surface area contributed by atoms with E-state index in [-0.39, 0.29) is 10.8 Å². The fourth-order valence-electron chi connectivity index (χ4n) is 2.17. The SMILES string of the molecule is CC(C)(C)C1(C(C)(C)C)OCO1. The van der Waals surface area contributed by atoms with Gasteiger partial charge in [-0.25, -0.2) is 0 Å². The lowest BCUT2D eigenvalue weighted by Gasteiger charge is -2.57. The van der Waals surface area contributed by atoms with Crippen LogP contribution in [0.5, 0.6) is 0 Å². The summed E-state index contributed by atoms with van der Waals surface area (Å²) in [7, 11) is 0. The fraction of sp³-hybridized carbons (Fsp3) is 1.00. The van der Waals surface area contributed by atoms with Crippen LogP contribution in [0, 0.1) is 10.8 Å². The van der Waals surface area contributed by atoms with E-state index < -0.39 is 5.79 Å².